The lowest BCUT2D eigenvalue weighted by Crippen LogP contribution is -2.45. The molecule has 1 aromatic rings. The van der Waals surface area contributed by atoms with Crippen LogP contribution >= 0.6 is 0 Å². The first kappa shape index (κ1) is 12.1. The molecular formula is C10H12FN3O2. The molecule has 0 aliphatic rings. The summed E-state index contributed by atoms with van der Waals surface area (Å²) in [5.74, 6) is -1.55. The molecule has 1 atom stereocenters. The molecule has 0 bridgehead atoms. The molecule has 0 saturated carbocycles. The molecule has 0 aliphatic heterocycles. The molecule has 0 unspecified atom stereocenters. The van der Waals surface area contributed by atoms with Crippen molar-refractivity contribution in [1.82, 2.24) is 5.32 Å². The van der Waals surface area contributed by atoms with E-state index in [1.807, 2.05) is 0 Å². The van der Waals surface area contributed by atoms with Crippen LogP contribution in [-0.4, -0.2) is 24.4 Å². The summed E-state index contributed by atoms with van der Waals surface area (Å²) in [5, 5.41) is 2.41. The molecular weight excluding hydrogens is 213 g/mol. The molecule has 0 heterocycles. The predicted octanol–water partition coefficient (Wildman–Crippen LogP) is -0.632. The Bertz CT molecular complexity index is 392. The highest BCUT2D eigenvalue weighted by molar-refractivity contribution is 5.94. The van der Waals surface area contributed by atoms with Gasteiger partial charge in [0.1, 0.15) is 11.9 Å². The van der Waals surface area contributed by atoms with Crippen LogP contribution in [0.4, 0.5) is 4.39 Å². The highest BCUT2D eigenvalue weighted by atomic mass is 19.1. The lowest BCUT2D eigenvalue weighted by Gasteiger charge is -2.08. The van der Waals surface area contributed by atoms with Crippen LogP contribution in [0.5, 0.6) is 0 Å². The average Bonchev–Trinajstić information content (AvgIpc) is 2.26. The summed E-state index contributed by atoms with van der Waals surface area (Å²) in [7, 11) is 0. The highest BCUT2D eigenvalue weighted by Gasteiger charge is 2.11. The van der Waals surface area contributed by atoms with Crippen molar-refractivity contribution in [2.75, 3.05) is 6.54 Å². The monoisotopic (exact) mass is 225 g/mol. The standard InChI is InChI=1S/C10H12FN3O2/c11-7-3-1-6(2-4-7)10(16)14-5-8(12)9(13)15/h1-4,8H,5,12H2,(H2,13,15)(H,14,16)/t8-/m0/s1. The maximum absolute atomic E-state index is 12.6. The van der Waals surface area contributed by atoms with E-state index < -0.39 is 23.7 Å². The number of nitrogens with one attached hydrogen (secondary N) is 1. The van der Waals surface area contributed by atoms with Crippen LogP contribution in [0.25, 0.3) is 0 Å². The second-order valence-corrected chi connectivity index (χ2v) is 3.23. The Morgan fingerprint density at radius 2 is 1.88 bits per heavy atom. The van der Waals surface area contributed by atoms with Gasteiger partial charge in [-0.2, -0.15) is 0 Å². The third-order valence-electron chi connectivity index (χ3n) is 1.95. The van der Waals surface area contributed by atoms with E-state index in [0.29, 0.717) is 0 Å². The SMILES string of the molecule is NC(=O)[C@@H](N)CNC(=O)c1ccc(F)cc1. The average molecular weight is 225 g/mol. The first-order chi connectivity index (χ1) is 7.50. The van der Waals surface area contributed by atoms with Crippen molar-refractivity contribution in [3.8, 4) is 0 Å². The predicted molar refractivity (Wildman–Crippen MR) is 55.9 cm³/mol. The third-order valence-corrected chi connectivity index (χ3v) is 1.95. The van der Waals surface area contributed by atoms with Crippen molar-refractivity contribution >= 4 is 11.8 Å². The zero-order chi connectivity index (χ0) is 12.1. The van der Waals surface area contributed by atoms with Gasteiger partial charge in [0, 0.05) is 12.1 Å². The van der Waals surface area contributed by atoms with Crippen molar-refractivity contribution in [3.63, 3.8) is 0 Å². The Labute approximate surface area is 91.6 Å². The number of hydrogen-bond acceptors (Lipinski definition) is 3. The summed E-state index contributed by atoms with van der Waals surface area (Å²) in [6.07, 6.45) is 0. The number of nitrogens with two attached hydrogens (primary N) is 2. The Hall–Kier alpha value is -1.95. The lowest BCUT2D eigenvalue weighted by molar-refractivity contribution is -0.119. The van der Waals surface area contributed by atoms with Gasteiger partial charge >= 0.3 is 0 Å². The first-order valence-corrected chi connectivity index (χ1v) is 4.59. The van der Waals surface area contributed by atoms with Gasteiger partial charge in [0.25, 0.3) is 5.91 Å². The number of primary amides is 1. The fourth-order valence-corrected chi connectivity index (χ4v) is 1.01. The number of hydrogen-bond donors (Lipinski definition) is 3. The maximum atomic E-state index is 12.6. The van der Waals surface area contributed by atoms with E-state index in [4.69, 9.17) is 11.5 Å². The van der Waals surface area contributed by atoms with E-state index in [-0.39, 0.29) is 12.1 Å². The lowest BCUT2D eigenvalue weighted by atomic mass is 10.2. The van der Waals surface area contributed by atoms with E-state index in [9.17, 15) is 14.0 Å². The van der Waals surface area contributed by atoms with Gasteiger partial charge < -0.3 is 16.8 Å². The molecule has 0 radical (unpaired) electrons. The van der Waals surface area contributed by atoms with E-state index in [1.165, 1.54) is 24.3 Å². The molecule has 0 aromatic heterocycles. The number of rotatable bonds is 4. The summed E-state index contributed by atoms with van der Waals surface area (Å²) >= 11 is 0. The summed E-state index contributed by atoms with van der Waals surface area (Å²) in [4.78, 5) is 22.0. The molecule has 86 valence electrons. The fourth-order valence-electron chi connectivity index (χ4n) is 1.01. The molecule has 2 amide bonds. The third kappa shape index (κ3) is 3.32. The van der Waals surface area contributed by atoms with Crippen LogP contribution in [0.15, 0.2) is 24.3 Å². The topological polar surface area (TPSA) is 98.2 Å². The summed E-state index contributed by atoms with van der Waals surface area (Å²) in [6.45, 7) is -0.0501. The zero-order valence-corrected chi connectivity index (χ0v) is 8.44. The van der Waals surface area contributed by atoms with Crippen molar-refractivity contribution in [2.24, 2.45) is 11.5 Å². The van der Waals surface area contributed by atoms with Gasteiger partial charge in [-0.1, -0.05) is 0 Å². The summed E-state index contributed by atoms with van der Waals surface area (Å²) in [5.41, 5.74) is 10.5. The number of halogens is 1. The molecule has 0 fully saturated rings. The van der Waals surface area contributed by atoms with E-state index >= 15 is 0 Å². The molecule has 6 heteroatoms. The van der Waals surface area contributed by atoms with E-state index in [0.717, 1.165) is 0 Å². The second kappa shape index (κ2) is 5.22. The number of carbonyl (C=O) groups is 2. The summed E-state index contributed by atoms with van der Waals surface area (Å²) < 4.78 is 12.6. The number of amides is 2. The minimum Gasteiger partial charge on any atom is -0.368 e. The van der Waals surface area contributed by atoms with Crippen molar-refractivity contribution < 1.29 is 14.0 Å². The van der Waals surface area contributed by atoms with Crippen molar-refractivity contribution in [2.45, 2.75) is 6.04 Å². The minimum atomic E-state index is -0.926. The molecule has 16 heavy (non-hydrogen) atoms. The quantitative estimate of drug-likeness (QED) is 0.636. The van der Waals surface area contributed by atoms with Crippen LogP contribution in [0.3, 0.4) is 0 Å². The van der Waals surface area contributed by atoms with Crippen molar-refractivity contribution in [3.05, 3.63) is 35.6 Å². The van der Waals surface area contributed by atoms with Crippen LogP contribution in [-0.2, 0) is 4.79 Å². The van der Waals surface area contributed by atoms with E-state index in [1.54, 1.807) is 0 Å². The molecule has 1 aromatic carbocycles. The Morgan fingerprint density at radius 1 is 1.31 bits per heavy atom. The van der Waals surface area contributed by atoms with Crippen LogP contribution in [0.2, 0.25) is 0 Å². The first-order valence-electron chi connectivity index (χ1n) is 4.59. The minimum absolute atomic E-state index is 0.0501. The Balaban J connectivity index is 2.53. The molecule has 0 spiro atoms. The Kier molecular flexibility index (Phi) is 3.96. The number of benzene rings is 1. The summed E-state index contributed by atoms with van der Waals surface area (Å²) in [6, 6.07) is 4.08. The largest absolute Gasteiger partial charge is 0.368 e. The van der Waals surface area contributed by atoms with Gasteiger partial charge in [-0.15, -0.1) is 0 Å². The van der Waals surface area contributed by atoms with Crippen molar-refractivity contribution in [1.29, 1.82) is 0 Å². The van der Waals surface area contributed by atoms with Gasteiger partial charge in [-0.3, -0.25) is 9.59 Å². The van der Waals surface area contributed by atoms with Crippen LogP contribution in [0, 0.1) is 5.82 Å². The molecule has 5 N–H and O–H groups in total. The van der Waals surface area contributed by atoms with Gasteiger partial charge in [0.05, 0.1) is 0 Å². The van der Waals surface area contributed by atoms with Crippen LogP contribution in [0.1, 0.15) is 10.4 Å². The zero-order valence-electron chi connectivity index (χ0n) is 8.44. The van der Waals surface area contributed by atoms with Gasteiger partial charge in [0.15, 0.2) is 0 Å². The highest BCUT2D eigenvalue weighted by Crippen LogP contribution is 2.02. The van der Waals surface area contributed by atoms with Gasteiger partial charge in [0.2, 0.25) is 5.91 Å². The van der Waals surface area contributed by atoms with E-state index in [2.05, 4.69) is 5.32 Å². The van der Waals surface area contributed by atoms with Gasteiger partial charge in [-0.25, -0.2) is 4.39 Å². The molecule has 0 saturated heterocycles. The van der Waals surface area contributed by atoms with Crippen LogP contribution < -0.4 is 16.8 Å². The number of carbonyl (C=O) groups excluding carboxylic acids is 2. The normalized spacial score (nSPS) is 11.9. The molecule has 5 nitrogen and oxygen atoms in total. The fraction of sp³-hybridized carbons (Fsp3) is 0.200. The Morgan fingerprint density at radius 3 is 2.38 bits per heavy atom. The maximum Gasteiger partial charge on any atom is 0.251 e. The smallest absolute Gasteiger partial charge is 0.251 e. The van der Waals surface area contributed by atoms with Gasteiger partial charge in [-0.05, 0) is 24.3 Å². The second-order valence-electron chi connectivity index (χ2n) is 3.23. The molecule has 0 aliphatic carbocycles. The molecule has 1 rings (SSSR count).